The number of hydrogen-bond acceptors (Lipinski definition) is 4. The second-order valence-electron chi connectivity index (χ2n) is 6.23. The van der Waals surface area contributed by atoms with Crippen molar-refractivity contribution in [3.63, 3.8) is 0 Å². The third kappa shape index (κ3) is 5.06. The molecule has 132 valence electrons. The van der Waals surface area contributed by atoms with Gasteiger partial charge in [-0.25, -0.2) is 0 Å². The van der Waals surface area contributed by atoms with E-state index in [1.165, 1.54) is 11.3 Å². The van der Waals surface area contributed by atoms with Crippen LogP contribution >= 0.6 is 11.3 Å². The lowest BCUT2D eigenvalue weighted by Gasteiger charge is -2.35. The number of hydrogen-bond donors (Lipinski definition) is 1. The van der Waals surface area contributed by atoms with Crippen LogP contribution in [0.5, 0.6) is 0 Å². The molecule has 0 spiro atoms. The monoisotopic (exact) mass is 351 g/mol. The fourth-order valence-corrected chi connectivity index (χ4v) is 3.27. The summed E-state index contributed by atoms with van der Waals surface area (Å²) >= 11 is 1.49. The van der Waals surface area contributed by atoms with E-state index in [2.05, 4.69) is 5.32 Å². The molecule has 1 N–H and O–H groups in total. The maximum absolute atomic E-state index is 12.2. The van der Waals surface area contributed by atoms with E-state index in [9.17, 15) is 14.4 Å². The maximum Gasteiger partial charge on any atom is 0.252 e. The number of rotatable bonds is 6. The van der Waals surface area contributed by atoms with Gasteiger partial charge in [-0.3, -0.25) is 14.4 Å². The van der Waals surface area contributed by atoms with Crippen molar-refractivity contribution in [2.45, 2.75) is 26.7 Å². The highest BCUT2D eigenvalue weighted by molar-refractivity contribution is 7.08. The largest absolute Gasteiger partial charge is 0.352 e. The molecule has 6 nitrogen and oxygen atoms in total. The normalized spacial score (nSPS) is 14.8. The summed E-state index contributed by atoms with van der Waals surface area (Å²) in [7, 11) is 0. The molecule has 24 heavy (non-hydrogen) atoms. The summed E-state index contributed by atoms with van der Waals surface area (Å²) in [6.07, 6.45) is 1.04. The standard InChI is InChI=1S/C17H25N3O3S/c1-13(2)17(23)20-9-7-19(8-10-20)15(21)4-3-6-18-16(22)14-5-11-24-12-14/h5,11-13H,3-4,6-10H2,1-2H3,(H,18,22). The molecule has 0 unspecified atom stereocenters. The highest BCUT2D eigenvalue weighted by Gasteiger charge is 2.24. The van der Waals surface area contributed by atoms with Crippen molar-refractivity contribution in [2.24, 2.45) is 5.92 Å². The number of thiophene rings is 1. The van der Waals surface area contributed by atoms with Gasteiger partial charge in [0.15, 0.2) is 0 Å². The Bertz CT molecular complexity index is 564. The summed E-state index contributed by atoms with van der Waals surface area (Å²) in [4.78, 5) is 39.5. The third-order valence-electron chi connectivity index (χ3n) is 4.07. The van der Waals surface area contributed by atoms with Crippen molar-refractivity contribution in [2.75, 3.05) is 32.7 Å². The highest BCUT2D eigenvalue weighted by Crippen LogP contribution is 2.09. The third-order valence-corrected chi connectivity index (χ3v) is 4.76. The predicted molar refractivity (Wildman–Crippen MR) is 93.9 cm³/mol. The van der Waals surface area contributed by atoms with Crippen LogP contribution in [0, 0.1) is 5.92 Å². The summed E-state index contributed by atoms with van der Waals surface area (Å²) in [5.74, 6) is 0.151. The fraction of sp³-hybridized carbons (Fsp3) is 0.588. The first kappa shape index (κ1) is 18.4. The van der Waals surface area contributed by atoms with E-state index in [4.69, 9.17) is 0 Å². The lowest BCUT2D eigenvalue weighted by Crippen LogP contribution is -2.51. The van der Waals surface area contributed by atoms with Crippen molar-refractivity contribution in [3.05, 3.63) is 22.4 Å². The van der Waals surface area contributed by atoms with Crippen LogP contribution < -0.4 is 5.32 Å². The van der Waals surface area contributed by atoms with E-state index in [1.807, 2.05) is 29.0 Å². The molecule has 1 saturated heterocycles. The van der Waals surface area contributed by atoms with Gasteiger partial charge in [-0.2, -0.15) is 11.3 Å². The first-order valence-corrected chi connectivity index (χ1v) is 9.30. The van der Waals surface area contributed by atoms with Crippen molar-refractivity contribution in [1.29, 1.82) is 0 Å². The Kier molecular flexibility index (Phi) is 6.78. The Morgan fingerprint density at radius 3 is 2.42 bits per heavy atom. The Morgan fingerprint density at radius 1 is 1.17 bits per heavy atom. The summed E-state index contributed by atoms with van der Waals surface area (Å²) < 4.78 is 0. The Hall–Kier alpha value is -1.89. The Morgan fingerprint density at radius 2 is 1.83 bits per heavy atom. The average molecular weight is 351 g/mol. The van der Waals surface area contributed by atoms with Crippen molar-refractivity contribution in [1.82, 2.24) is 15.1 Å². The number of nitrogens with one attached hydrogen (secondary N) is 1. The van der Waals surface area contributed by atoms with Gasteiger partial charge < -0.3 is 15.1 Å². The number of piperazine rings is 1. The van der Waals surface area contributed by atoms with Gasteiger partial charge in [0.25, 0.3) is 5.91 Å². The van der Waals surface area contributed by atoms with Gasteiger partial charge in [-0.1, -0.05) is 13.8 Å². The zero-order chi connectivity index (χ0) is 17.5. The van der Waals surface area contributed by atoms with Crippen LogP contribution in [-0.2, 0) is 9.59 Å². The highest BCUT2D eigenvalue weighted by atomic mass is 32.1. The molecule has 1 fully saturated rings. The van der Waals surface area contributed by atoms with Crippen LogP contribution in [0.25, 0.3) is 0 Å². The van der Waals surface area contributed by atoms with E-state index in [0.29, 0.717) is 51.1 Å². The van der Waals surface area contributed by atoms with Crippen LogP contribution in [0.15, 0.2) is 16.8 Å². The molecule has 0 bridgehead atoms. The van der Waals surface area contributed by atoms with Gasteiger partial charge in [-0.05, 0) is 17.9 Å². The molecule has 3 amide bonds. The van der Waals surface area contributed by atoms with Gasteiger partial charge in [0.2, 0.25) is 11.8 Å². The molecular weight excluding hydrogens is 326 g/mol. The van der Waals surface area contributed by atoms with Gasteiger partial charge in [0.05, 0.1) is 0 Å². The molecule has 0 saturated carbocycles. The molecule has 1 aliphatic heterocycles. The van der Waals surface area contributed by atoms with Crippen LogP contribution in [0.1, 0.15) is 37.0 Å². The van der Waals surface area contributed by atoms with Gasteiger partial charge in [-0.15, -0.1) is 0 Å². The van der Waals surface area contributed by atoms with Crippen LogP contribution in [-0.4, -0.2) is 60.2 Å². The predicted octanol–water partition coefficient (Wildman–Crippen LogP) is 1.58. The minimum Gasteiger partial charge on any atom is -0.352 e. The molecule has 0 aromatic carbocycles. The van der Waals surface area contributed by atoms with E-state index >= 15 is 0 Å². The van der Waals surface area contributed by atoms with E-state index in [0.717, 1.165) is 0 Å². The van der Waals surface area contributed by atoms with E-state index in [-0.39, 0.29) is 23.6 Å². The average Bonchev–Trinajstić information content (AvgIpc) is 3.12. The summed E-state index contributed by atoms with van der Waals surface area (Å²) in [5.41, 5.74) is 0.664. The molecular formula is C17H25N3O3S. The quantitative estimate of drug-likeness (QED) is 0.791. The first-order valence-electron chi connectivity index (χ1n) is 8.36. The van der Waals surface area contributed by atoms with Crippen molar-refractivity contribution >= 4 is 29.1 Å². The molecule has 0 radical (unpaired) electrons. The SMILES string of the molecule is CC(C)C(=O)N1CCN(C(=O)CCCNC(=O)c2ccsc2)CC1. The topological polar surface area (TPSA) is 69.7 Å². The van der Waals surface area contributed by atoms with E-state index < -0.39 is 0 Å². The number of carbonyl (C=O) groups excluding carboxylic acids is 3. The molecule has 1 aromatic rings. The van der Waals surface area contributed by atoms with Gasteiger partial charge in [0.1, 0.15) is 0 Å². The molecule has 2 rings (SSSR count). The summed E-state index contributed by atoms with van der Waals surface area (Å²) in [5, 5.41) is 6.49. The maximum atomic E-state index is 12.2. The summed E-state index contributed by atoms with van der Waals surface area (Å²) in [6.45, 7) is 6.69. The van der Waals surface area contributed by atoms with Crippen LogP contribution in [0.2, 0.25) is 0 Å². The lowest BCUT2D eigenvalue weighted by molar-refractivity contribution is -0.141. The fourth-order valence-electron chi connectivity index (χ4n) is 2.64. The van der Waals surface area contributed by atoms with Gasteiger partial charge in [0, 0.05) is 56.0 Å². The molecule has 2 heterocycles. The Balaban J connectivity index is 1.63. The minimum atomic E-state index is -0.0930. The van der Waals surface area contributed by atoms with Crippen LogP contribution in [0.4, 0.5) is 0 Å². The Labute approximate surface area is 146 Å². The minimum absolute atomic E-state index is 0.000843. The zero-order valence-corrected chi connectivity index (χ0v) is 15.1. The number of amides is 3. The lowest BCUT2D eigenvalue weighted by atomic mass is 10.1. The van der Waals surface area contributed by atoms with Crippen molar-refractivity contribution in [3.8, 4) is 0 Å². The van der Waals surface area contributed by atoms with Gasteiger partial charge >= 0.3 is 0 Å². The molecule has 7 heteroatoms. The molecule has 0 aliphatic carbocycles. The zero-order valence-electron chi connectivity index (χ0n) is 14.3. The second kappa shape index (κ2) is 8.82. The smallest absolute Gasteiger partial charge is 0.252 e. The molecule has 1 aromatic heterocycles. The number of carbonyl (C=O) groups is 3. The van der Waals surface area contributed by atoms with Crippen LogP contribution in [0.3, 0.4) is 0 Å². The molecule has 1 aliphatic rings. The second-order valence-corrected chi connectivity index (χ2v) is 7.01. The summed E-state index contributed by atoms with van der Waals surface area (Å²) in [6, 6.07) is 1.78. The number of nitrogens with zero attached hydrogens (tertiary/aromatic N) is 2. The van der Waals surface area contributed by atoms with E-state index in [1.54, 1.807) is 11.4 Å². The first-order chi connectivity index (χ1) is 11.5. The van der Waals surface area contributed by atoms with Crippen molar-refractivity contribution < 1.29 is 14.4 Å². The molecule has 0 atom stereocenters.